The van der Waals surface area contributed by atoms with E-state index in [1.54, 1.807) is 0 Å². The summed E-state index contributed by atoms with van der Waals surface area (Å²) in [6.07, 6.45) is 5.21. The van der Waals surface area contributed by atoms with Crippen molar-refractivity contribution in [2.75, 3.05) is 13.2 Å². The van der Waals surface area contributed by atoms with Crippen molar-refractivity contribution in [3.63, 3.8) is 0 Å². The molecule has 2 aliphatic heterocycles. The quantitative estimate of drug-likeness (QED) is 0.499. The van der Waals surface area contributed by atoms with E-state index in [2.05, 4.69) is 32.9 Å². The summed E-state index contributed by atoms with van der Waals surface area (Å²) in [6, 6.07) is 0.767. The van der Waals surface area contributed by atoms with Crippen molar-refractivity contribution in [2.24, 2.45) is 0 Å². The molecule has 3 heteroatoms. The van der Waals surface area contributed by atoms with Gasteiger partial charge in [0.05, 0.1) is 0 Å². The summed E-state index contributed by atoms with van der Waals surface area (Å²) in [5, 5.41) is 0. The van der Waals surface area contributed by atoms with Crippen LogP contribution in [0.1, 0.15) is 32.6 Å². The van der Waals surface area contributed by atoms with Gasteiger partial charge in [0.1, 0.15) is 0 Å². The predicted molar refractivity (Wildman–Crippen MR) is 57.3 cm³/mol. The Balaban J connectivity index is 2.09. The molecule has 0 aromatic heterocycles. The third-order valence-corrected chi connectivity index (χ3v) is 5.27. The fourth-order valence-electron chi connectivity index (χ4n) is 2.38. The summed E-state index contributed by atoms with van der Waals surface area (Å²) in [4.78, 5) is 0. The van der Waals surface area contributed by atoms with Gasteiger partial charge in [-0.05, 0) is 32.6 Å². The van der Waals surface area contributed by atoms with Crippen LogP contribution in [0.25, 0.3) is 0 Å². The third kappa shape index (κ3) is 1.40. The van der Waals surface area contributed by atoms with Gasteiger partial charge in [-0.25, -0.2) is 3.11 Å². The largest absolute Gasteiger partial charge is 0.381 e. The van der Waals surface area contributed by atoms with Gasteiger partial charge in [0.25, 0.3) is 0 Å². The maximum Gasteiger partial charge on any atom is 0.0484 e. The van der Waals surface area contributed by atoms with Gasteiger partial charge in [-0.3, -0.25) is 0 Å². The maximum absolute atomic E-state index is 5.41. The molecule has 12 heavy (non-hydrogen) atoms. The molecule has 2 fully saturated rings. The Morgan fingerprint density at radius 3 is 2.50 bits per heavy atom. The zero-order valence-corrected chi connectivity index (χ0v) is 9.71. The summed E-state index contributed by atoms with van der Waals surface area (Å²) in [5.41, 5.74) is 0.498. The second-order valence-electron chi connectivity index (χ2n) is 4.04. The number of hydrogen-bond donors (Lipinski definition) is 0. The second kappa shape index (κ2) is 3.42. The monoisotopic (exact) mass is 281 g/mol. The minimum Gasteiger partial charge on any atom is -0.381 e. The van der Waals surface area contributed by atoms with Gasteiger partial charge < -0.3 is 4.74 Å². The molecule has 0 N–H and O–H groups in total. The van der Waals surface area contributed by atoms with Crippen LogP contribution in [-0.2, 0) is 4.74 Å². The van der Waals surface area contributed by atoms with E-state index in [0.717, 1.165) is 19.3 Å². The van der Waals surface area contributed by atoms with Crippen LogP contribution in [0.5, 0.6) is 0 Å². The van der Waals surface area contributed by atoms with E-state index < -0.39 is 0 Å². The van der Waals surface area contributed by atoms with Crippen LogP contribution in [0.4, 0.5) is 0 Å². The van der Waals surface area contributed by atoms with Crippen LogP contribution in [0.2, 0.25) is 0 Å². The van der Waals surface area contributed by atoms with Crippen molar-refractivity contribution >= 4 is 22.9 Å². The molecule has 2 heterocycles. The molecule has 2 aliphatic rings. The molecule has 0 radical (unpaired) electrons. The van der Waals surface area contributed by atoms with Gasteiger partial charge in [0.15, 0.2) is 0 Å². The molecule has 2 nitrogen and oxygen atoms in total. The zero-order chi connectivity index (χ0) is 8.60. The van der Waals surface area contributed by atoms with Crippen molar-refractivity contribution in [3.05, 3.63) is 0 Å². The van der Waals surface area contributed by atoms with Gasteiger partial charge in [-0.15, -0.1) is 0 Å². The molecule has 1 unspecified atom stereocenters. The molecule has 0 aromatic carbocycles. The Labute approximate surface area is 88.1 Å². The molecule has 0 bridgehead atoms. The van der Waals surface area contributed by atoms with Gasteiger partial charge in [-0.2, -0.15) is 0 Å². The van der Waals surface area contributed by atoms with Crippen LogP contribution < -0.4 is 0 Å². The minimum atomic E-state index is 0.498. The predicted octanol–water partition coefficient (Wildman–Crippen LogP) is 2.37. The molecule has 2 rings (SSSR count). The van der Waals surface area contributed by atoms with Crippen molar-refractivity contribution in [2.45, 2.75) is 44.2 Å². The van der Waals surface area contributed by atoms with E-state index in [1.165, 1.54) is 25.7 Å². The first kappa shape index (κ1) is 9.21. The van der Waals surface area contributed by atoms with E-state index in [4.69, 9.17) is 4.74 Å². The lowest BCUT2D eigenvalue weighted by Gasteiger charge is -2.39. The van der Waals surface area contributed by atoms with Crippen LogP contribution in [0, 0.1) is 0 Å². The van der Waals surface area contributed by atoms with Crippen LogP contribution in [0.15, 0.2) is 0 Å². The Bertz CT molecular complexity index is 162. The van der Waals surface area contributed by atoms with Crippen molar-refractivity contribution < 1.29 is 4.74 Å². The smallest absolute Gasteiger partial charge is 0.0484 e. The van der Waals surface area contributed by atoms with E-state index >= 15 is 0 Å². The molecule has 0 saturated carbocycles. The number of rotatable bonds is 0. The Kier molecular flexibility index (Phi) is 2.63. The average molecular weight is 281 g/mol. The second-order valence-corrected chi connectivity index (χ2v) is 5.08. The highest BCUT2D eigenvalue weighted by molar-refractivity contribution is 14.1. The van der Waals surface area contributed by atoms with Crippen molar-refractivity contribution in [1.82, 2.24) is 3.11 Å². The Morgan fingerprint density at radius 2 is 2.00 bits per heavy atom. The van der Waals surface area contributed by atoms with E-state index in [1.807, 2.05) is 0 Å². The van der Waals surface area contributed by atoms with Gasteiger partial charge >= 0.3 is 0 Å². The summed E-state index contributed by atoms with van der Waals surface area (Å²) in [5.74, 6) is 0. The van der Waals surface area contributed by atoms with E-state index in [0.29, 0.717) is 5.54 Å². The fraction of sp³-hybridized carbons (Fsp3) is 1.00. The lowest BCUT2D eigenvalue weighted by atomic mass is 9.89. The minimum absolute atomic E-state index is 0.498. The first-order chi connectivity index (χ1) is 5.75. The zero-order valence-electron chi connectivity index (χ0n) is 7.55. The highest BCUT2D eigenvalue weighted by Crippen LogP contribution is 2.43. The SMILES string of the molecule is CC1CCC2(CCOCC2)N1I. The molecule has 1 atom stereocenters. The first-order valence-electron chi connectivity index (χ1n) is 4.77. The normalized spacial score (nSPS) is 36.0. The van der Waals surface area contributed by atoms with Crippen LogP contribution >= 0.6 is 22.9 Å². The highest BCUT2D eigenvalue weighted by atomic mass is 127. The topological polar surface area (TPSA) is 12.5 Å². The van der Waals surface area contributed by atoms with Crippen LogP contribution in [-0.4, -0.2) is 27.9 Å². The van der Waals surface area contributed by atoms with E-state index in [9.17, 15) is 0 Å². The molecule has 1 spiro atoms. The summed E-state index contributed by atoms with van der Waals surface area (Å²) in [6.45, 7) is 4.26. The number of nitrogens with zero attached hydrogens (tertiary/aromatic N) is 1. The van der Waals surface area contributed by atoms with Crippen LogP contribution in [0.3, 0.4) is 0 Å². The standard InChI is InChI=1S/C9H16INO/c1-8-2-3-9(11(8)10)4-6-12-7-5-9/h8H,2-7H2,1H3. The highest BCUT2D eigenvalue weighted by Gasteiger charge is 2.44. The molecule has 70 valence electrons. The molecular weight excluding hydrogens is 265 g/mol. The van der Waals surface area contributed by atoms with E-state index in [-0.39, 0.29) is 0 Å². The molecular formula is C9H16INO. The fourth-order valence-corrected chi connectivity index (χ4v) is 3.38. The summed E-state index contributed by atoms with van der Waals surface area (Å²) < 4.78 is 7.96. The lowest BCUT2D eigenvalue weighted by Crippen LogP contribution is -2.44. The molecule has 0 aliphatic carbocycles. The number of halogens is 1. The molecule has 2 saturated heterocycles. The number of ether oxygens (including phenoxy) is 1. The van der Waals surface area contributed by atoms with Gasteiger partial charge in [-0.1, -0.05) is 0 Å². The van der Waals surface area contributed by atoms with Gasteiger partial charge in [0, 0.05) is 47.7 Å². The number of hydrogen-bond acceptors (Lipinski definition) is 2. The third-order valence-electron chi connectivity index (χ3n) is 3.29. The lowest BCUT2D eigenvalue weighted by molar-refractivity contribution is 0.0240. The van der Waals surface area contributed by atoms with Crippen molar-refractivity contribution in [1.29, 1.82) is 0 Å². The molecule has 0 aromatic rings. The maximum atomic E-state index is 5.41. The molecule has 0 amide bonds. The van der Waals surface area contributed by atoms with Gasteiger partial charge in [0.2, 0.25) is 0 Å². The Morgan fingerprint density at radius 1 is 1.33 bits per heavy atom. The Hall–Kier alpha value is 0.650. The van der Waals surface area contributed by atoms with Crippen molar-refractivity contribution in [3.8, 4) is 0 Å². The first-order valence-corrected chi connectivity index (χ1v) is 5.74. The average Bonchev–Trinajstić information content (AvgIpc) is 2.37. The summed E-state index contributed by atoms with van der Waals surface area (Å²) in [7, 11) is 0. The summed E-state index contributed by atoms with van der Waals surface area (Å²) >= 11 is 2.51.